The quantitative estimate of drug-likeness (QED) is 0.469. The van der Waals surface area contributed by atoms with Gasteiger partial charge in [-0.25, -0.2) is 0 Å². The minimum Gasteiger partial charge on any atom is -0.480 e. The van der Waals surface area contributed by atoms with Gasteiger partial charge in [0.25, 0.3) is 0 Å². The predicted molar refractivity (Wildman–Crippen MR) is 30.0 cm³/mol. The van der Waals surface area contributed by atoms with E-state index in [0.29, 0.717) is 0 Å². The average Bonchev–Trinajstić information content (AvgIpc) is 1.67. The number of carboxylic acids is 1. The van der Waals surface area contributed by atoms with Crippen molar-refractivity contribution in [1.29, 1.82) is 0 Å². The molecular weight excluding hydrogens is 108 g/mol. The average molecular weight is 116 g/mol. The fraction of sp³-hybridized carbons (Fsp3) is 0.500. The molecule has 0 radical (unpaired) electrons. The summed E-state index contributed by atoms with van der Waals surface area (Å²) in [4.78, 5) is 13.2. The van der Waals surface area contributed by atoms with Gasteiger partial charge in [-0.05, 0) is 6.72 Å². The van der Waals surface area contributed by atoms with E-state index < -0.39 is 12.0 Å². The topological polar surface area (TPSA) is 75.7 Å². The molecule has 0 aromatic rings. The van der Waals surface area contributed by atoms with Crippen LogP contribution in [0, 0.1) is 0 Å². The highest BCUT2D eigenvalue weighted by molar-refractivity contribution is 5.73. The molecule has 4 nitrogen and oxygen atoms in total. The molecule has 0 aliphatic heterocycles. The van der Waals surface area contributed by atoms with Gasteiger partial charge in [0, 0.05) is 0 Å². The summed E-state index contributed by atoms with van der Waals surface area (Å²) in [5.41, 5.74) is 4.99. The van der Waals surface area contributed by atoms with Crippen molar-refractivity contribution >= 4 is 12.7 Å². The van der Waals surface area contributed by atoms with E-state index in [4.69, 9.17) is 10.8 Å². The number of aliphatic imine (C=N–C) groups is 1. The first-order valence-electron chi connectivity index (χ1n) is 2.09. The summed E-state index contributed by atoms with van der Waals surface area (Å²) < 4.78 is 0. The second-order valence-electron chi connectivity index (χ2n) is 1.35. The van der Waals surface area contributed by atoms with Crippen molar-refractivity contribution in [3.8, 4) is 0 Å². The first kappa shape index (κ1) is 7.10. The molecule has 0 fully saturated rings. The largest absolute Gasteiger partial charge is 0.480 e. The summed E-state index contributed by atoms with van der Waals surface area (Å²) in [7, 11) is 0. The fourth-order valence-corrected chi connectivity index (χ4v) is 0.217. The Bertz CT molecular complexity index is 102. The van der Waals surface area contributed by atoms with Crippen molar-refractivity contribution in [2.45, 2.75) is 6.04 Å². The van der Waals surface area contributed by atoms with Gasteiger partial charge < -0.3 is 10.8 Å². The molecule has 46 valence electrons. The molecule has 0 saturated heterocycles. The lowest BCUT2D eigenvalue weighted by Gasteiger charge is -1.97. The van der Waals surface area contributed by atoms with Gasteiger partial charge >= 0.3 is 5.97 Å². The van der Waals surface area contributed by atoms with E-state index in [-0.39, 0.29) is 6.54 Å². The molecular formula is C4H8N2O2. The van der Waals surface area contributed by atoms with Crippen molar-refractivity contribution in [3.63, 3.8) is 0 Å². The minimum atomic E-state index is -1.04. The third kappa shape index (κ3) is 2.30. The summed E-state index contributed by atoms with van der Waals surface area (Å²) in [5, 5.41) is 8.10. The molecule has 8 heavy (non-hydrogen) atoms. The standard InChI is InChI=1S/C4H8N2O2/c1-6-2-3(5)4(7)8/h3H,1-2,5H2,(H,7,8). The molecule has 3 N–H and O–H groups in total. The highest BCUT2D eigenvalue weighted by Gasteiger charge is 2.07. The molecule has 4 heteroatoms. The maximum atomic E-state index is 9.88. The van der Waals surface area contributed by atoms with Crippen LogP contribution in [0.5, 0.6) is 0 Å². The van der Waals surface area contributed by atoms with Crippen LogP contribution in [-0.4, -0.2) is 30.4 Å². The van der Waals surface area contributed by atoms with Gasteiger partial charge in [0.2, 0.25) is 0 Å². The van der Waals surface area contributed by atoms with Crippen LogP contribution >= 0.6 is 0 Å². The van der Waals surface area contributed by atoms with Crippen LogP contribution in [0.15, 0.2) is 4.99 Å². The summed E-state index contributed by atoms with van der Waals surface area (Å²) in [6.07, 6.45) is 0. The lowest BCUT2D eigenvalue weighted by Crippen LogP contribution is -2.32. The van der Waals surface area contributed by atoms with Crippen molar-refractivity contribution in [2.75, 3.05) is 6.54 Å². The number of hydrogen-bond acceptors (Lipinski definition) is 3. The van der Waals surface area contributed by atoms with Gasteiger partial charge in [0.1, 0.15) is 6.04 Å². The van der Waals surface area contributed by atoms with Gasteiger partial charge in [-0.15, -0.1) is 0 Å². The van der Waals surface area contributed by atoms with E-state index in [1.807, 2.05) is 0 Å². The summed E-state index contributed by atoms with van der Waals surface area (Å²) in [6.45, 7) is 3.17. The van der Waals surface area contributed by atoms with Crippen molar-refractivity contribution in [3.05, 3.63) is 0 Å². The molecule has 0 aromatic heterocycles. The number of rotatable bonds is 3. The van der Waals surface area contributed by atoms with E-state index in [1.54, 1.807) is 0 Å². The Balaban J connectivity index is 3.46. The molecule has 0 aromatic carbocycles. The summed E-state index contributed by atoms with van der Waals surface area (Å²) in [5.74, 6) is -1.04. The molecule has 0 spiro atoms. The van der Waals surface area contributed by atoms with Crippen LogP contribution in [0.1, 0.15) is 0 Å². The highest BCUT2D eigenvalue weighted by Crippen LogP contribution is 1.76. The first-order chi connectivity index (χ1) is 3.68. The van der Waals surface area contributed by atoms with Crippen LogP contribution in [0.3, 0.4) is 0 Å². The van der Waals surface area contributed by atoms with E-state index in [0.717, 1.165) is 0 Å². The van der Waals surface area contributed by atoms with Gasteiger partial charge in [0.15, 0.2) is 0 Å². The van der Waals surface area contributed by atoms with Crippen LogP contribution in [-0.2, 0) is 4.79 Å². The van der Waals surface area contributed by atoms with Gasteiger partial charge in [-0.1, -0.05) is 0 Å². The zero-order valence-electron chi connectivity index (χ0n) is 4.37. The minimum absolute atomic E-state index is 0.0787. The molecule has 1 unspecified atom stereocenters. The first-order valence-corrected chi connectivity index (χ1v) is 2.09. The molecule has 1 atom stereocenters. The smallest absolute Gasteiger partial charge is 0.322 e. The SMILES string of the molecule is C=NCC(N)C(=O)O. The predicted octanol–water partition coefficient (Wildman–Crippen LogP) is -0.901. The van der Waals surface area contributed by atoms with Crippen LogP contribution in [0.2, 0.25) is 0 Å². The number of nitrogens with zero attached hydrogens (tertiary/aromatic N) is 1. The highest BCUT2D eigenvalue weighted by atomic mass is 16.4. The maximum absolute atomic E-state index is 9.88. The maximum Gasteiger partial charge on any atom is 0.322 e. The monoisotopic (exact) mass is 116 g/mol. The van der Waals surface area contributed by atoms with Crippen molar-refractivity contribution in [2.24, 2.45) is 10.7 Å². The number of carboxylic acid groups (broad SMARTS) is 1. The zero-order valence-corrected chi connectivity index (χ0v) is 4.37. The molecule has 0 rings (SSSR count). The van der Waals surface area contributed by atoms with Gasteiger partial charge in [-0.2, -0.15) is 0 Å². The molecule has 0 heterocycles. The fourth-order valence-electron chi connectivity index (χ4n) is 0.217. The Morgan fingerprint density at radius 1 is 2.00 bits per heavy atom. The van der Waals surface area contributed by atoms with E-state index in [9.17, 15) is 4.79 Å². The number of nitrogens with two attached hydrogens (primary N) is 1. The lowest BCUT2D eigenvalue weighted by atomic mass is 10.3. The third-order valence-corrected chi connectivity index (χ3v) is 0.643. The molecule has 0 bridgehead atoms. The van der Waals surface area contributed by atoms with Gasteiger partial charge in [-0.3, -0.25) is 9.79 Å². The summed E-state index contributed by atoms with van der Waals surface area (Å²) in [6, 6.07) is -0.896. The Labute approximate surface area is 47.0 Å². The zero-order chi connectivity index (χ0) is 6.57. The molecule has 0 aliphatic carbocycles. The van der Waals surface area contributed by atoms with E-state index in [1.165, 1.54) is 0 Å². The molecule has 0 amide bonds. The second-order valence-corrected chi connectivity index (χ2v) is 1.35. The van der Waals surface area contributed by atoms with E-state index in [2.05, 4.69) is 11.7 Å². The second kappa shape index (κ2) is 3.15. The Morgan fingerprint density at radius 2 is 2.50 bits per heavy atom. The molecule has 0 aliphatic rings. The number of hydrogen-bond donors (Lipinski definition) is 2. The van der Waals surface area contributed by atoms with E-state index >= 15 is 0 Å². The Hall–Kier alpha value is -0.900. The number of carbonyl (C=O) groups is 1. The van der Waals surface area contributed by atoms with Crippen LogP contribution < -0.4 is 5.73 Å². The van der Waals surface area contributed by atoms with Crippen molar-refractivity contribution < 1.29 is 9.90 Å². The Morgan fingerprint density at radius 3 is 2.62 bits per heavy atom. The van der Waals surface area contributed by atoms with Crippen LogP contribution in [0.4, 0.5) is 0 Å². The number of aliphatic carboxylic acids is 1. The Kier molecular flexibility index (Phi) is 2.79. The third-order valence-electron chi connectivity index (χ3n) is 0.643. The van der Waals surface area contributed by atoms with Crippen LogP contribution in [0.25, 0.3) is 0 Å². The van der Waals surface area contributed by atoms with Gasteiger partial charge in [0.05, 0.1) is 6.54 Å². The lowest BCUT2D eigenvalue weighted by molar-refractivity contribution is -0.138. The molecule has 0 saturated carbocycles. The normalized spacial score (nSPS) is 12.6. The van der Waals surface area contributed by atoms with Crippen molar-refractivity contribution in [1.82, 2.24) is 0 Å². The summed E-state index contributed by atoms with van der Waals surface area (Å²) >= 11 is 0.